The molecule has 0 amide bonds. The van der Waals surface area contributed by atoms with Crippen LogP contribution in [0.15, 0.2) is 0 Å². The minimum atomic E-state index is -2.67. The summed E-state index contributed by atoms with van der Waals surface area (Å²) < 4.78 is 16.4. The minimum Gasteiger partial charge on any atom is -0.377 e. The van der Waals surface area contributed by atoms with Gasteiger partial charge in [-0.25, -0.2) is 0 Å². The fourth-order valence-electron chi connectivity index (χ4n) is 2.03. The Morgan fingerprint density at radius 1 is 1.18 bits per heavy atom. The second-order valence-corrected chi connectivity index (χ2v) is 7.06. The van der Waals surface area contributed by atoms with Gasteiger partial charge in [0, 0.05) is 52.5 Å². The van der Waals surface area contributed by atoms with E-state index in [9.17, 15) is 0 Å². The van der Waals surface area contributed by atoms with Gasteiger partial charge in [0.2, 0.25) is 0 Å². The molecule has 0 fully saturated rings. The van der Waals surface area contributed by atoms with E-state index in [0.717, 1.165) is 13.0 Å². The molecule has 2 atom stereocenters. The van der Waals surface area contributed by atoms with E-state index in [4.69, 9.17) is 24.7 Å². The number of rotatable bonds is 10. The highest BCUT2D eigenvalue weighted by molar-refractivity contribution is 6.62. The lowest BCUT2D eigenvalue weighted by molar-refractivity contribution is 0.106. The van der Waals surface area contributed by atoms with Crippen molar-refractivity contribution in [3.8, 4) is 0 Å². The van der Waals surface area contributed by atoms with Crippen LogP contribution in [-0.4, -0.2) is 55.8 Å². The monoisotopic (exact) mass is 265 g/mol. The van der Waals surface area contributed by atoms with Crippen LogP contribution in [0.1, 0.15) is 13.3 Å². The maximum atomic E-state index is 6.17. The average molecular weight is 265 g/mol. The highest BCUT2D eigenvalue weighted by atomic mass is 28.4. The zero-order valence-electron chi connectivity index (χ0n) is 11.4. The Morgan fingerprint density at radius 3 is 2.06 bits per heavy atom. The molecule has 17 heavy (non-hydrogen) atoms. The molecule has 0 saturated carbocycles. The van der Waals surface area contributed by atoms with Crippen molar-refractivity contribution < 1.29 is 13.3 Å². The minimum absolute atomic E-state index is 0.0712. The molecule has 0 saturated heterocycles. The fraction of sp³-hybridized carbons (Fsp3) is 1.00. The zero-order valence-corrected chi connectivity index (χ0v) is 12.4. The average Bonchev–Trinajstić information content (AvgIpc) is 2.36. The Labute approximate surface area is 105 Å². The van der Waals surface area contributed by atoms with Gasteiger partial charge >= 0.3 is 8.80 Å². The number of hydrogen-bond acceptors (Lipinski definition) is 6. The van der Waals surface area contributed by atoms with Crippen LogP contribution in [0.5, 0.6) is 0 Å². The largest absolute Gasteiger partial charge is 0.505 e. The maximum Gasteiger partial charge on any atom is 0.505 e. The number of nitrogens with one attached hydrogen (secondary N) is 1. The number of hydrogen-bond donors (Lipinski definition) is 3. The predicted octanol–water partition coefficient (Wildman–Crippen LogP) is -0.480. The summed E-state index contributed by atoms with van der Waals surface area (Å²) in [7, 11) is 2.17. The predicted molar refractivity (Wildman–Crippen MR) is 70.7 cm³/mol. The molecule has 104 valence electrons. The van der Waals surface area contributed by atoms with E-state index in [0.29, 0.717) is 13.1 Å². The molecule has 0 aromatic carbocycles. The molecule has 2 unspecified atom stereocenters. The first-order chi connectivity index (χ1) is 8.11. The normalized spacial score (nSPS) is 15.9. The lowest BCUT2D eigenvalue weighted by Crippen LogP contribution is -2.55. The van der Waals surface area contributed by atoms with Gasteiger partial charge in [0.1, 0.15) is 0 Å². The van der Waals surface area contributed by atoms with Crippen molar-refractivity contribution in [1.82, 2.24) is 5.32 Å². The Bertz CT molecular complexity index is 185. The van der Waals surface area contributed by atoms with E-state index in [2.05, 4.69) is 12.2 Å². The number of nitrogens with two attached hydrogens (primary N) is 2. The van der Waals surface area contributed by atoms with Gasteiger partial charge in [-0.3, -0.25) is 0 Å². The second kappa shape index (κ2) is 8.98. The van der Waals surface area contributed by atoms with E-state index in [1.54, 1.807) is 21.3 Å². The van der Waals surface area contributed by atoms with Crippen molar-refractivity contribution in [3.05, 3.63) is 0 Å². The summed E-state index contributed by atoms with van der Waals surface area (Å²) in [4.78, 5) is 0. The molecule has 0 aromatic rings. The van der Waals surface area contributed by atoms with Gasteiger partial charge in [-0.15, -0.1) is 0 Å². The van der Waals surface area contributed by atoms with Crippen LogP contribution in [-0.2, 0) is 13.3 Å². The summed E-state index contributed by atoms with van der Waals surface area (Å²) >= 11 is 0. The van der Waals surface area contributed by atoms with Crippen LogP contribution >= 0.6 is 0 Å². The topological polar surface area (TPSA) is 91.8 Å². The van der Waals surface area contributed by atoms with Crippen LogP contribution in [0.2, 0.25) is 5.54 Å². The van der Waals surface area contributed by atoms with Gasteiger partial charge in [-0.2, -0.15) is 0 Å². The standard InChI is InChI=1S/C10H27N3O3Si/c1-5-10(9(12)8-13-7-6-11)17(14-2,15-3)16-4/h9-10,13H,5-8,11-12H2,1-4H3. The lowest BCUT2D eigenvalue weighted by Gasteiger charge is -2.35. The van der Waals surface area contributed by atoms with Crippen LogP contribution in [0.3, 0.4) is 0 Å². The van der Waals surface area contributed by atoms with Crippen molar-refractivity contribution in [2.75, 3.05) is 41.0 Å². The molecular formula is C10H27N3O3Si. The molecule has 7 heteroatoms. The van der Waals surface area contributed by atoms with E-state index in [1.165, 1.54) is 0 Å². The third-order valence-corrected chi connectivity index (χ3v) is 6.42. The van der Waals surface area contributed by atoms with E-state index >= 15 is 0 Å². The zero-order chi connectivity index (χ0) is 13.3. The molecule has 6 nitrogen and oxygen atoms in total. The molecule has 0 rings (SSSR count). The molecule has 0 spiro atoms. The molecular weight excluding hydrogens is 238 g/mol. The molecule has 0 aliphatic heterocycles. The van der Waals surface area contributed by atoms with E-state index < -0.39 is 8.80 Å². The van der Waals surface area contributed by atoms with Crippen LogP contribution in [0.4, 0.5) is 0 Å². The molecule has 5 N–H and O–H groups in total. The Balaban J connectivity index is 4.55. The quantitative estimate of drug-likeness (QED) is 0.365. The fourth-order valence-corrected chi connectivity index (χ4v) is 4.58. The van der Waals surface area contributed by atoms with Gasteiger partial charge in [-0.05, 0) is 6.42 Å². The second-order valence-electron chi connectivity index (χ2n) is 3.89. The van der Waals surface area contributed by atoms with Gasteiger partial charge in [0.15, 0.2) is 0 Å². The van der Waals surface area contributed by atoms with Crippen LogP contribution in [0, 0.1) is 0 Å². The summed E-state index contributed by atoms with van der Waals surface area (Å²) in [6.07, 6.45) is 0.854. The molecule has 0 aliphatic carbocycles. The van der Waals surface area contributed by atoms with E-state index in [-0.39, 0.29) is 11.6 Å². The van der Waals surface area contributed by atoms with Gasteiger partial charge in [0.05, 0.1) is 0 Å². The third kappa shape index (κ3) is 4.63. The van der Waals surface area contributed by atoms with Gasteiger partial charge in [0.25, 0.3) is 0 Å². The first-order valence-electron chi connectivity index (χ1n) is 5.93. The highest BCUT2D eigenvalue weighted by Crippen LogP contribution is 2.29. The van der Waals surface area contributed by atoms with Crippen LogP contribution in [0.25, 0.3) is 0 Å². The summed E-state index contributed by atoms with van der Waals surface area (Å²) in [5.74, 6) is 0. The highest BCUT2D eigenvalue weighted by Gasteiger charge is 2.48. The van der Waals surface area contributed by atoms with Crippen LogP contribution < -0.4 is 16.8 Å². The maximum absolute atomic E-state index is 6.17. The van der Waals surface area contributed by atoms with Crippen molar-refractivity contribution >= 4 is 8.80 Å². The van der Waals surface area contributed by atoms with Crippen molar-refractivity contribution in [2.45, 2.75) is 24.9 Å². The van der Waals surface area contributed by atoms with Crippen molar-refractivity contribution in [2.24, 2.45) is 11.5 Å². The Hall–Kier alpha value is -0.0231. The Morgan fingerprint density at radius 2 is 1.71 bits per heavy atom. The van der Waals surface area contributed by atoms with E-state index in [1.807, 2.05) is 0 Å². The summed E-state index contributed by atoms with van der Waals surface area (Å²) in [5, 5.41) is 3.20. The lowest BCUT2D eigenvalue weighted by atomic mass is 10.1. The van der Waals surface area contributed by atoms with Crippen molar-refractivity contribution in [1.29, 1.82) is 0 Å². The first-order valence-corrected chi connectivity index (χ1v) is 7.73. The molecule has 0 bridgehead atoms. The molecule has 0 radical (unpaired) electrons. The summed E-state index contributed by atoms with van der Waals surface area (Å²) in [6.45, 7) is 4.10. The van der Waals surface area contributed by atoms with Gasteiger partial charge in [-0.1, -0.05) is 6.92 Å². The smallest absolute Gasteiger partial charge is 0.377 e. The summed E-state index contributed by atoms with van der Waals surface area (Å²) in [6, 6.07) is -0.0712. The SMILES string of the molecule is CCC(C(N)CNCCN)[Si](OC)(OC)OC. The first kappa shape index (κ1) is 17.0. The van der Waals surface area contributed by atoms with Gasteiger partial charge < -0.3 is 30.1 Å². The molecule has 0 aromatic heterocycles. The molecule has 0 heterocycles. The third-order valence-electron chi connectivity index (χ3n) is 2.97. The Kier molecular flexibility index (Phi) is 8.97. The molecule has 0 aliphatic rings. The summed E-state index contributed by atoms with van der Waals surface area (Å²) in [5.41, 5.74) is 11.7. The van der Waals surface area contributed by atoms with Crippen molar-refractivity contribution in [3.63, 3.8) is 0 Å².